The van der Waals surface area contributed by atoms with Crippen LogP contribution >= 0.6 is 23.2 Å². The number of carbonyl (C=O) groups excluding carboxylic acids is 1. The molecule has 5 aromatic rings. The molecule has 4 heterocycles. The zero-order valence-electron chi connectivity index (χ0n) is 18.8. The van der Waals surface area contributed by atoms with E-state index in [0.29, 0.717) is 33.7 Å². The Morgan fingerprint density at radius 1 is 1.19 bits per heavy atom. The summed E-state index contributed by atoms with van der Waals surface area (Å²) >= 11 is 12.0. The number of furan rings is 1. The summed E-state index contributed by atoms with van der Waals surface area (Å²) in [5.74, 6) is -0.0830. The van der Waals surface area contributed by atoms with E-state index in [0.717, 1.165) is 5.56 Å². The minimum Gasteiger partial charge on any atom is -0.463 e. The summed E-state index contributed by atoms with van der Waals surface area (Å²) in [6.07, 6.45) is 1.84. The van der Waals surface area contributed by atoms with Crippen molar-refractivity contribution in [2.24, 2.45) is 0 Å². The van der Waals surface area contributed by atoms with E-state index >= 15 is 0 Å². The molecule has 0 spiro atoms. The molecule has 0 saturated carbocycles. The van der Waals surface area contributed by atoms with Crippen molar-refractivity contribution >= 4 is 45.8 Å². The predicted molar refractivity (Wildman–Crippen MR) is 131 cm³/mol. The van der Waals surface area contributed by atoms with Crippen molar-refractivity contribution in [1.82, 2.24) is 24.5 Å². The Bertz CT molecular complexity index is 1560. The fourth-order valence-corrected chi connectivity index (χ4v) is 4.22. The molecule has 4 aromatic heterocycles. The first-order valence-corrected chi connectivity index (χ1v) is 11.5. The van der Waals surface area contributed by atoms with Crippen LogP contribution in [0.2, 0.25) is 10.0 Å². The number of nitrogens with one attached hydrogen (secondary N) is 1. The van der Waals surface area contributed by atoms with Crippen molar-refractivity contribution in [2.45, 2.75) is 26.4 Å². The number of hydrogen-bond donors (Lipinski definition) is 1. The number of carbonyl (C=O) groups is 1. The van der Waals surface area contributed by atoms with Crippen LogP contribution in [0.4, 0.5) is 14.5 Å². The van der Waals surface area contributed by atoms with Crippen molar-refractivity contribution in [3.8, 4) is 11.5 Å². The number of benzene rings is 1. The van der Waals surface area contributed by atoms with Gasteiger partial charge in [0.15, 0.2) is 11.4 Å². The second-order valence-corrected chi connectivity index (χ2v) is 8.85. The molecule has 0 aliphatic carbocycles. The minimum atomic E-state index is -2.75. The van der Waals surface area contributed by atoms with Gasteiger partial charge in [-0.2, -0.15) is 10.2 Å². The summed E-state index contributed by atoms with van der Waals surface area (Å²) in [5, 5.41) is 12.4. The molecule has 0 radical (unpaired) electrons. The van der Waals surface area contributed by atoms with Crippen LogP contribution < -0.4 is 5.32 Å². The van der Waals surface area contributed by atoms with Crippen LogP contribution in [0.3, 0.4) is 0 Å². The molecule has 0 saturated heterocycles. The van der Waals surface area contributed by atoms with Gasteiger partial charge in [0.2, 0.25) is 5.91 Å². The predicted octanol–water partition coefficient (Wildman–Crippen LogP) is 6.13. The van der Waals surface area contributed by atoms with Gasteiger partial charge in [-0.15, -0.1) is 0 Å². The lowest BCUT2D eigenvalue weighted by molar-refractivity contribution is -0.116. The van der Waals surface area contributed by atoms with Crippen molar-refractivity contribution in [3.05, 3.63) is 81.9 Å². The third-order valence-electron chi connectivity index (χ3n) is 5.46. The highest BCUT2D eigenvalue weighted by atomic mass is 35.5. The van der Waals surface area contributed by atoms with Crippen LogP contribution in [0.1, 0.15) is 23.2 Å². The smallest absolute Gasteiger partial charge is 0.264 e. The number of hydrogen-bond acceptors (Lipinski definition) is 5. The molecule has 184 valence electrons. The highest BCUT2D eigenvalue weighted by molar-refractivity contribution is 6.42. The summed E-state index contributed by atoms with van der Waals surface area (Å²) in [5.41, 5.74) is 1.87. The Morgan fingerprint density at radius 2 is 2.03 bits per heavy atom. The number of amides is 1. The lowest BCUT2D eigenvalue weighted by Gasteiger charge is -2.07. The zero-order valence-corrected chi connectivity index (χ0v) is 20.3. The lowest BCUT2D eigenvalue weighted by atomic mass is 10.1. The third kappa shape index (κ3) is 4.82. The molecule has 1 N–H and O–H groups in total. The second-order valence-electron chi connectivity index (χ2n) is 8.04. The standard InChI is InChI=1S/C24H18Cl2F2N6O2/c1-13-22-16(23(27)28)8-19(20-3-2-6-36-20)31-24(22)34(32-13)12-21(35)30-15-9-29-33(11-15)10-14-4-5-17(25)18(26)7-14/h2-9,11,23H,10,12H2,1H3,(H,30,35). The number of anilines is 1. The Kier molecular flexibility index (Phi) is 6.46. The first-order chi connectivity index (χ1) is 17.3. The largest absolute Gasteiger partial charge is 0.463 e. The first kappa shape index (κ1) is 24.0. The van der Waals surface area contributed by atoms with Crippen molar-refractivity contribution in [2.75, 3.05) is 5.32 Å². The molecule has 8 nitrogen and oxygen atoms in total. The van der Waals surface area contributed by atoms with Crippen LogP contribution in [0.25, 0.3) is 22.5 Å². The molecule has 1 aromatic carbocycles. The molecule has 0 aliphatic heterocycles. The van der Waals surface area contributed by atoms with E-state index in [1.807, 2.05) is 6.07 Å². The molecule has 1 amide bonds. The second kappa shape index (κ2) is 9.71. The van der Waals surface area contributed by atoms with Crippen LogP contribution in [0.15, 0.2) is 59.5 Å². The minimum absolute atomic E-state index is 0.169. The topological polar surface area (TPSA) is 90.8 Å². The average Bonchev–Trinajstić information content (AvgIpc) is 3.58. The SMILES string of the molecule is Cc1nn(CC(=O)Nc2cnn(Cc3ccc(Cl)c(Cl)c3)c2)c2nc(-c3ccco3)cc(C(F)F)c12. The quantitative estimate of drug-likeness (QED) is 0.273. The molecular formula is C24H18Cl2F2N6O2. The van der Waals surface area contributed by atoms with E-state index in [4.69, 9.17) is 27.6 Å². The fraction of sp³-hybridized carbons (Fsp3) is 0.167. The van der Waals surface area contributed by atoms with E-state index in [9.17, 15) is 13.6 Å². The number of fused-ring (bicyclic) bond motifs is 1. The van der Waals surface area contributed by atoms with Gasteiger partial charge in [0.1, 0.15) is 12.2 Å². The van der Waals surface area contributed by atoms with E-state index in [2.05, 4.69) is 20.5 Å². The summed E-state index contributed by atoms with van der Waals surface area (Å²) < 4.78 is 36.0. The summed E-state index contributed by atoms with van der Waals surface area (Å²) in [6, 6.07) is 9.82. The maximum Gasteiger partial charge on any atom is 0.264 e. The summed E-state index contributed by atoms with van der Waals surface area (Å²) in [7, 11) is 0. The molecule has 0 aliphatic rings. The molecule has 5 rings (SSSR count). The Balaban J connectivity index is 1.36. The number of aryl methyl sites for hydroxylation is 1. The molecular weight excluding hydrogens is 513 g/mol. The highest BCUT2D eigenvalue weighted by Gasteiger charge is 2.22. The average molecular weight is 531 g/mol. The lowest BCUT2D eigenvalue weighted by Crippen LogP contribution is -2.19. The summed E-state index contributed by atoms with van der Waals surface area (Å²) in [6.45, 7) is 1.79. The van der Waals surface area contributed by atoms with Gasteiger partial charge >= 0.3 is 0 Å². The van der Waals surface area contributed by atoms with Gasteiger partial charge in [0.05, 0.1) is 45.8 Å². The number of rotatable bonds is 7. The highest BCUT2D eigenvalue weighted by Crippen LogP contribution is 2.33. The van der Waals surface area contributed by atoms with E-state index in [1.54, 1.807) is 42.1 Å². The molecule has 12 heteroatoms. The van der Waals surface area contributed by atoms with Crippen molar-refractivity contribution in [3.63, 3.8) is 0 Å². The van der Waals surface area contributed by atoms with Crippen LogP contribution in [0, 0.1) is 6.92 Å². The van der Waals surface area contributed by atoms with Gasteiger partial charge < -0.3 is 9.73 Å². The zero-order chi connectivity index (χ0) is 25.4. The molecule has 36 heavy (non-hydrogen) atoms. The number of halogens is 4. The number of aromatic nitrogens is 5. The van der Waals surface area contributed by atoms with Gasteiger partial charge in [-0.05, 0) is 42.8 Å². The molecule has 0 fully saturated rings. The van der Waals surface area contributed by atoms with Crippen LogP contribution in [-0.2, 0) is 17.9 Å². The maximum atomic E-state index is 13.9. The van der Waals surface area contributed by atoms with Gasteiger partial charge in [0.25, 0.3) is 6.43 Å². The fourth-order valence-electron chi connectivity index (χ4n) is 3.90. The number of nitrogens with zero attached hydrogens (tertiary/aromatic N) is 5. The first-order valence-electron chi connectivity index (χ1n) is 10.7. The summed E-state index contributed by atoms with van der Waals surface area (Å²) in [4.78, 5) is 17.2. The van der Waals surface area contributed by atoms with Gasteiger partial charge in [-0.3, -0.25) is 9.48 Å². The Morgan fingerprint density at radius 3 is 2.75 bits per heavy atom. The monoisotopic (exact) mass is 530 g/mol. The van der Waals surface area contributed by atoms with Gasteiger partial charge in [-0.25, -0.2) is 18.4 Å². The van der Waals surface area contributed by atoms with Crippen molar-refractivity contribution < 1.29 is 18.0 Å². The maximum absolute atomic E-state index is 13.9. The third-order valence-corrected chi connectivity index (χ3v) is 6.19. The molecule has 0 unspecified atom stereocenters. The normalized spacial score (nSPS) is 11.5. The molecule has 0 bridgehead atoms. The van der Waals surface area contributed by atoms with Crippen LogP contribution in [0.5, 0.6) is 0 Å². The van der Waals surface area contributed by atoms with E-state index < -0.39 is 12.3 Å². The van der Waals surface area contributed by atoms with Crippen molar-refractivity contribution in [1.29, 1.82) is 0 Å². The van der Waals surface area contributed by atoms with E-state index in [-0.39, 0.29) is 28.8 Å². The van der Waals surface area contributed by atoms with Gasteiger partial charge in [-0.1, -0.05) is 29.3 Å². The van der Waals surface area contributed by atoms with Gasteiger partial charge in [0, 0.05) is 11.8 Å². The Labute approximate surface area is 213 Å². The van der Waals surface area contributed by atoms with Crippen LogP contribution in [-0.4, -0.2) is 30.5 Å². The number of alkyl halides is 2. The molecule has 0 atom stereocenters. The van der Waals surface area contributed by atoms with E-state index in [1.165, 1.54) is 23.2 Å². The Hall–Kier alpha value is -3.76. The number of pyridine rings is 1.